The Morgan fingerprint density at radius 3 is 2.67 bits per heavy atom. The van der Waals surface area contributed by atoms with Crippen molar-refractivity contribution in [2.45, 2.75) is 20.3 Å². The van der Waals surface area contributed by atoms with Gasteiger partial charge >= 0.3 is 0 Å². The number of hydrogen-bond acceptors (Lipinski definition) is 3. The van der Waals surface area contributed by atoms with E-state index >= 15 is 0 Å². The van der Waals surface area contributed by atoms with Crippen molar-refractivity contribution in [3.8, 4) is 0 Å². The Hall–Kier alpha value is -1.42. The van der Waals surface area contributed by atoms with Gasteiger partial charge in [-0.2, -0.15) is 0 Å². The summed E-state index contributed by atoms with van der Waals surface area (Å²) in [7, 11) is 2.10. The molecule has 0 saturated carbocycles. The van der Waals surface area contributed by atoms with Gasteiger partial charge < -0.3 is 9.80 Å². The third-order valence-electron chi connectivity index (χ3n) is 3.46. The molecule has 2 heterocycles. The first-order valence-electron chi connectivity index (χ1n) is 6.50. The first kappa shape index (κ1) is 13.0. The Morgan fingerprint density at radius 2 is 1.94 bits per heavy atom. The van der Waals surface area contributed by atoms with E-state index in [4.69, 9.17) is 0 Å². The van der Waals surface area contributed by atoms with Crippen molar-refractivity contribution in [3.63, 3.8) is 0 Å². The van der Waals surface area contributed by atoms with E-state index < -0.39 is 0 Å². The second-order valence-electron chi connectivity index (χ2n) is 5.03. The van der Waals surface area contributed by atoms with Crippen LogP contribution in [0.1, 0.15) is 28.2 Å². The summed E-state index contributed by atoms with van der Waals surface area (Å²) in [6, 6.07) is 3.80. The van der Waals surface area contributed by atoms with Crippen molar-refractivity contribution < 1.29 is 4.79 Å². The molecule has 0 N–H and O–H groups in total. The first-order valence-corrected chi connectivity index (χ1v) is 6.50. The van der Waals surface area contributed by atoms with Gasteiger partial charge in [-0.3, -0.25) is 9.78 Å². The number of amides is 1. The van der Waals surface area contributed by atoms with Crippen LogP contribution in [-0.4, -0.2) is 53.9 Å². The molecule has 0 atom stereocenters. The molecule has 1 saturated heterocycles. The highest BCUT2D eigenvalue weighted by Crippen LogP contribution is 2.12. The molecular formula is C14H21N3O. The highest BCUT2D eigenvalue weighted by Gasteiger charge is 2.20. The fourth-order valence-electron chi connectivity index (χ4n) is 2.33. The summed E-state index contributed by atoms with van der Waals surface area (Å²) >= 11 is 0. The van der Waals surface area contributed by atoms with E-state index in [1.54, 1.807) is 0 Å². The third kappa shape index (κ3) is 2.88. The summed E-state index contributed by atoms with van der Waals surface area (Å²) in [6.07, 6.45) is 1.04. The summed E-state index contributed by atoms with van der Waals surface area (Å²) < 4.78 is 0. The third-order valence-corrected chi connectivity index (χ3v) is 3.46. The molecule has 1 fully saturated rings. The largest absolute Gasteiger partial charge is 0.337 e. The molecule has 18 heavy (non-hydrogen) atoms. The van der Waals surface area contributed by atoms with Crippen molar-refractivity contribution in [2.75, 3.05) is 33.2 Å². The molecule has 1 aliphatic heterocycles. The number of pyridine rings is 1. The van der Waals surface area contributed by atoms with Crippen LogP contribution in [0.5, 0.6) is 0 Å². The van der Waals surface area contributed by atoms with Gasteiger partial charge in [-0.1, -0.05) is 0 Å². The standard InChI is InChI=1S/C14H21N3O/c1-11-5-6-13(12(2)15-11)14(18)17-8-4-7-16(3)9-10-17/h5-6H,4,7-10H2,1-3H3. The number of carbonyl (C=O) groups is 1. The lowest BCUT2D eigenvalue weighted by molar-refractivity contribution is 0.0761. The van der Waals surface area contributed by atoms with E-state index in [2.05, 4.69) is 16.9 Å². The van der Waals surface area contributed by atoms with Crippen LogP contribution >= 0.6 is 0 Å². The molecule has 1 aromatic heterocycles. The maximum atomic E-state index is 12.5. The SMILES string of the molecule is Cc1ccc(C(=O)N2CCCN(C)CC2)c(C)n1. The van der Waals surface area contributed by atoms with Crippen LogP contribution in [0.25, 0.3) is 0 Å². The highest BCUT2D eigenvalue weighted by atomic mass is 16.2. The Balaban J connectivity index is 2.15. The van der Waals surface area contributed by atoms with E-state index in [1.165, 1.54) is 0 Å². The molecule has 1 aromatic rings. The molecule has 4 nitrogen and oxygen atoms in total. The van der Waals surface area contributed by atoms with Crippen LogP contribution in [0.4, 0.5) is 0 Å². The molecule has 2 rings (SSSR count). The lowest BCUT2D eigenvalue weighted by Gasteiger charge is -2.21. The predicted octanol–water partition coefficient (Wildman–Crippen LogP) is 1.48. The van der Waals surface area contributed by atoms with Gasteiger partial charge in [0.25, 0.3) is 5.91 Å². The van der Waals surface area contributed by atoms with E-state index in [0.717, 1.165) is 49.6 Å². The van der Waals surface area contributed by atoms with Gasteiger partial charge in [-0.25, -0.2) is 0 Å². The fraction of sp³-hybridized carbons (Fsp3) is 0.571. The normalized spacial score (nSPS) is 17.6. The zero-order chi connectivity index (χ0) is 13.1. The minimum atomic E-state index is 0.121. The van der Waals surface area contributed by atoms with Crippen molar-refractivity contribution in [1.29, 1.82) is 0 Å². The number of rotatable bonds is 1. The topological polar surface area (TPSA) is 36.4 Å². The molecule has 1 aliphatic rings. The van der Waals surface area contributed by atoms with Crippen molar-refractivity contribution >= 4 is 5.91 Å². The van der Waals surface area contributed by atoms with Crippen LogP contribution in [-0.2, 0) is 0 Å². The molecule has 4 heteroatoms. The summed E-state index contributed by atoms with van der Waals surface area (Å²) in [5.74, 6) is 0.121. The number of hydrogen-bond donors (Lipinski definition) is 0. The Labute approximate surface area is 109 Å². The molecule has 0 radical (unpaired) electrons. The number of likely N-dealkylation sites (N-methyl/N-ethyl adjacent to an activating group) is 1. The molecular weight excluding hydrogens is 226 g/mol. The molecule has 0 bridgehead atoms. The molecule has 0 aromatic carbocycles. The van der Waals surface area contributed by atoms with Gasteiger partial charge in [-0.05, 0) is 46.0 Å². The Bertz CT molecular complexity index is 445. The second-order valence-corrected chi connectivity index (χ2v) is 5.03. The summed E-state index contributed by atoms with van der Waals surface area (Å²) in [5.41, 5.74) is 2.53. The van der Waals surface area contributed by atoms with Gasteiger partial charge in [0.05, 0.1) is 11.3 Å². The number of carbonyl (C=O) groups excluding carboxylic acids is 1. The van der Waals surface area contributed by atoms with Gasteiger partial charge in [0.1, 0.15) is 0 Å². The summed E-state index contributed by atoms with van der Waals surface area (Å²) in [5, 5.41) is 0. The minimum Gasteiger partial charge on any atom is -0.337 e. The van der Waals surface area contributed by atoms with Crippen molar-refractivity contribution in [3.05, 3.63) is 29.1 Å². The van der Waals surface area contributed by atoms with Crippen LogP contribution in [0, 0.1) is 13.8 Å². The number of aromatic nitrogens is 1. The van der Waals surface area contributed by atoms with Crippen LogP contribution in [0.2, 0.25) is 0 Å². The molecule has 0 spiro atoms. The Morgan fingerprint density at radius 1 is 1.17 bits per heavy atom. The number of nitrogens with zero attached hydrogens (tertiary/aromatic N) is 3. The van der Waals surface area contributed by atoms with Crippen LogP contribution in [0.3, 0.4) is 0 Å². The van der Waals surface area contributed by atoms with Gasteiger partial charge in [0, 0.05) is 25.3 Å². The average molecular weight is 247 g/mol. The van der Waals surface area contributed by atoms with Crippen LogP contribution < -0.4 is 0 Å². The van der Waals surface area contributed by atoms with E-state index in [0.29, 0.717) is 0 Å². The quantitative estimate of drug-likeness (QED) is 0.754. The fourth-order valence-corrected chi connectivity index (χ4v) is 2.33. The van der Waals surface area contributed by atoms with Gasteiger partial charge in [0.2, 0.25) is 0 Å². The smallest absolute Gasteiger partial charge is 0.255 e. The molecule has 0 unspecified atom stereocenters. The lowest BCUT2D eigenvalue weighted by atomic mass is 10.1. The zero-order valence-corrected chi connectivity index (χ0v) is 11.4. The van der Waals surface area contributed by atoms with E-state index in [9.17, 15) is 4.79 Å². The van der Waals surface area contributed by atoms with Crippen LogP contribution in [0.15, 0.2) is 12.1 Å². The van der Waals surface area contributed by atoms with E-state index in [1.807, 2.05) is 30.9 Å². The first-order chi connectivity index (χ1) is 8.58. The maximum absolute atomic E-state index is 12.5. The molecule has 1 amide bonds. The monoisotopic (exact) mass is 247 g/mol. The second kappa shape index (κ2) is 5.48. The van der Waals surface area contributed by atoms with Crippen molar-refractivity contribution in [2.24, 2.45) is 0 Å². The Kier molecular flexibility index (Phi) is 3.97. The summed E-state index contributed by atoms with van der Waals surface area (Å²) in [6.45, 7) is 7.52. The van der Waals surface area contributed by atoms with Crippen molar-refractivity contribution in [1.82, 2.24) is 14.8 Å². The van der Waals surface area contributed by atoms with Gasteiger partial charge in [0.15, 0.2) is 0 Å². The molecule has 0 aliphatic carbocycles. The lowest BCUT2D eigenvalue weighted by Crippen LogP contribution is -2.35. The zero-order valence-electron chi connectivity index (χ0n) is 11.4. The maximum Gasteiger partial charge on any atom is 0.255 e. The molecule has 98 valence electrons. The highest BCUT2D eigenvalue weighted by molar-refractivity contribution is 5.95. The minimum absolute atomic E-state index is 0.121. The van der Waals surface area contributed by atoms with E-state index in [-0.39, 0.29) is 5.91 Å². The predicted molar refractivity (Wildman–Crippen MR) is 71.7 cm³/mol. The van der Waals surface area contributed by atoms with Gasteiger partial charge in [-0.15, -0.1) is 0 Å². The summed E-state index contributed by atoms with van der Waals surface area (Å²) in [4.78, 5) is 21.0. The average Bonchev–Trinajstić information content (AvgIpc) is 2.53. The number of aryl methyl sites for hydroxylation is 2.